The quantitative estimate of drug-likeness (QED) is 0.690. The second-order valence-electron chi connectivity index (χ2n) is 1.99. The predicted molar refractivity (Wildman–Crippen MR) is 44.8 cm³/mol. The van der Waals surface area contributed by atoms with Crippen LogP contribution in [0.25, 0.3) is 10.3 Å². The zero-order valence-corrected chi connectivity index (χ0v) is 6.72. The van der Waals surface area contributed by atoms with Gasteiger partial charge in [-0.3, -0.25) is 0 Å². The Kier molecular flexibility index (Phi) is 1.43. The van der Waals surface area contributed by atoms with E-state index in [0.29, 0.717) is 5.65 Å². The number of hydrogen-bond acceptors (Lipinski definition) is 5. The molecule has 4 nitrogen and oxygen atoms in total. The standard InChI is InChI=1S/C6H6N4S/c1-7-6-9-5-4(11-6)2-3-8-10-5/h2-3H,1H3,(H,7,9,10). The highest BCUT2D eigenvalue weighted by atomic mass is 32.1. The monoisotopic (exact) mass is 166 g/mol. The van der Waals surface area contributed by atoms with Gasteiger partial charge in [0.25, 0.3) is 0 Å². The first kappa shape index (κ1) is 6.48. The van der Waals surface area contributed by atoms with Gasteiger partial charge in [-0.15, -0.1) is 5.10 Å². The molecule has 0 aromatic carbocycles. The van der Waals surface area contributed by atoms with Crippen LogP contribution in [-0.4, -0.2) is 22.2 Å². The Balaban J connectivity index is 2.69. The molecule has 5 heteroatoms. The fraction of sp³-hybridized carbons (Fsp3) is 0.167. The van der Waals surface area contributed by atoms with Crippen molar-refractivity contribution in [3.8, 4) is 0 Å². The second-order valence-corrected chi connectivity index (χ2v) is 3.02. The molecule has 2 rings (SSSR count). The zero-order chi connectivity index (χ0) is 7.68. The first-order valence-electron chi connectivity index (χ1n) is 3.16. The molecule has 0 amide bonds. The summed E-state index contributed by atoms with van der Waals surface area (Å²) in [5.74, 6) is 0. The lowest BCUT2D eigenvalue weighted by molar-refractivity contribution is 1.06. The molecule has 56 valence electrons. The topological polar surface area (TPSA) is 50.7 Å². The molecule has 0 atom stereocenters. The van der Waals surface area contributed by atoms with E-state index in [0.717, 1.165) is 9.83 Å². The molecule has 2 aromatic rings. The van der Waals surface area contributed by atoms with Gasteiger partial charge in [0, 0.05) is 7.05 Å². The highest BCUT2D eigenvalue weighted by Crippen LogP contribution is 2.22. The van der Waals surface area contributed by atoms with E-state index in [1.165, 1.54) is 0 Å². The van der Waals surface area contributed by atoms with Crippen molar-refractivity contribution in [2.24, 2.45) is 0 Å². The lowest BCUT2D eigenvalue weighted by Gasteiger charge is -1.84. The normalized spacial score (nSPS) is 10.3. The van der Waals surface area contributed by atoms with Crippen molar-refractivity contribution in [2.75, 3.05) is 12.4 Å². The zero-order valence-electron chi connectivity index (χ0n) is 5.90. The molecule has 0 saturated carbocycles. The van der Waals surface area contributed by atoms with Crippen LogP contribution in [0.2, 0.25) is 0 Å². The van der Waals surface area contributed by atoms with Crippen LogP contribution in [0, 0.1) is 0 Å². The molecule has 0 bridgehead atoms. The van der Waals surface area contributed by atoms with Gasteiger partial charge in [-0.25, -0.2) is 0 Å². The number of nitrogens with zero attached hydrogens (tertiary/aromatic N) is 3. The average molecular weight is 166 g/mol. The number of anilines is 1. The maximum absolute atomic E-state index is 4.16. The van der Waals surface area contributed by atoms with Crippen LogP contribution in [0.4, 0.5) is 5.13 Å². The smallest absolute Gasteiger partial charge is 0.194 e. The maximum atomic E-state index is 4.16. The Labute approximate surface area is 67.3 Å². The van der Waals surface area contributed by atoms with Crippen molar-refractivity contribution in [2.45, 2.75) is 0 Å². The number of thiazole rings is 1. The Morgan fingerprint density at radius 2 is 2.45 bits per heavy atom. The second kappa shape index (κ2) is 2.43. The Bertz CT molecular complexity index is 336. The van der Waals surface area contributed by atoms with E-state index in [1.807, 2.05) is 13.1 Å². The molecule has 0 unspecified atom stereocenters. The number of fused-ring (bicyclic) bond motifs is 1. The van der Waals surface area contributed by atoms with E-state index in [9.17, 15) is 0 Å². The largest absolute Gasteiger partial charge is 0.365 e. The van der Waals surface area contributed by atoms with Crippen molar-refractivity contribution in [1.29, 1.82) is 0 Å². The first-order valence-corrected chi connectivity index (χ1v) is 3.98. The number of hydrogen-bond donors (Lipinski definition) is 1. The summed E-state index contributed by atoms with van der Waals surface area (Å²) in [4.78, 5) is 4.16. The number of rotatable bonds is 1. The van der Waals surface area contributed by atoms with Crippen molar-refractivity contribution < 1.29 is 0 Å². The Morgan fingerprint density at radius 1 is 1.55 bits per heavy atom. The van der Waals surface area contributed by atoms with E-state index in [2.05, 4.69) is 20.5 Å². The summed E-state index contributed by atoms with van der Waals surface area (Å²) in [6.07, 6.45) is 1.67. The van der Waals surface area contributed by atoms with Gasteiger partial charge in [-0.05, 0) is 6.07 Å². The summed E-state index contributed by atoms with van der Waals surface area (Å²) >= 11 is 1.57. The molecular formula is C6H6N4S. The highest BCUT2D eigenvalue weighted by molar-refractivity contribution is 7.22. The maximum Gasteiger partial charge on any atom is 0.194 e. The van der Waals surface area contributed by atoms with Gasteiger partial charge >= 0.3 is 0 Å². The van der Waals surface area contributed by atoms with Crippen LogP contribution in [0.15, 0.2) is 12.3 Å². The van der Waals surface area contributed by atoms with Gasteiger partial charge in [-0.1, -0.05) is 11.3 Å². The van der Waals surface area contributed by atoms with Gasteiger partial charge < -0.3 is 5.32 Å². The van der Waals surface area contributed by atoms with Gasteiger partial charge in [0.1, 0.15) is 0 Å². The van der Waals surface area contributed by atoms with E-state index >= 15 is 0 Å². The van der Waals surface area contributed by atoms with Crippen molar-refractivity contribution in [3.63, 3.8) is 0 Å². The summed E-state index contributed by atoms with van der Waals surface area (Å²) in [5, 5.41) is 11.4. The van der Waals surface area contributed by atoms with Crippen LogP contribution in [-0.2, 0) is 0 Å². The van der Waals surface area contributed by atoms with Gasteiger partial charge in [-0.2, -0.15) is 10.1 Å². The fourth-order valence-corrected chi connectivity index (χ4v) is 1.55. The van der Waals surface area contributed by atoms with Crippen LogP contribution in [0.1, 0.15) is 0 Å². The third-order valence-corrected chi connectivity index (χ3v) is 2.32. The third-order valence-electron chi connectivity index (χ3n) is 1.29. The lowest BCUT2D eigenvalue weighted by atomic mass is 10.6. The molecule has 1 N–H and O–H groups in total. The van der Waals surface area contributed by atoms with Crippen molar-refractivity contribution in [1.82, 2.24) is 15.2 Å². The first-order chi connectivity index (χ1) is 5.40. The molecule has 0 aliphatic rings. The van der Waals surface area contributed by atoms with Crippen LogP contribution >= 0.6 is 11.3 Å². The predicted octanol–water partition coefficient (Wildman–Crippen LogP) is 1.13. The van der Waals surface area contributed by atoms with Crippen molar-refractivity contribution >= 4 is 26.8 Å². The lowest BCUT2D eigenvalue weighted by Crippen LogP contribution is -1.85. The minimum absolute atomic E-state index is 0.710. The van der Waals surface area contributed by atoms with Crippen molar-refractivity contribution in [3.05, 3.63) is 12.3 Å². The molecule has 0 radical (unpaired) electrons. The fourth-order valence-electron chi connectivity index (χ4n) is 0.800. The minimum atomic E-state index is 0.710. The molecule has 0 saturated heterocycles. The number of nitrogens with one attached hydrogen (secondary N) is 1. The van der Waals surface area contributed by atoms with E-state index in [1.54, 1.807) is 17.5 Å². The molecule has 2 heterocycles. The summed E-state index contributed by atoms with van der Waals surface area (Å²) < 4.78 is 1.06. The molecule has 11 heavy (non-hydrogen) atoms. The van der Waals surface area contributed by atoms with Crippen LogP contribution in [0.3, 0.4) is 0 Å². The summed E-state index contributed by atoms with van der Waals surface area (Å²) in [5.41, 5.74) is 0.710. The van der Waals surface area contributed by atoms with Gasteiger partial charge in [0.2, 0.25) is 0 Å². The number of aromatic nitrogens is 3. The molecule has 0 aliphatic heterocycles. The minimum Gasteiger partial charge on any atom is -0.365 e. The average Bonchev–Trinajstić information content (AvgIpc) is 2.46. The summed E-state index contributed by atoms with van der Waals surface area (Å²) in [7, 11) is 1.84. The van der Waals surface area contributed by atoms with Crippen LogP contribution < -0.4 is 5.32 Å². The molecule has 0 spiro atoms. The summed E-state index contributed by atoms with van der Waals surface area (Å²) in [6.45, 7) is 0. The van der Waals surface area contributed by atoms with Crippen LogP contribution in [0.5, 0.6) is 0 Å². The van der Waals surface area contributed by atoms with Gasteiger partial charge in [0.15, 0.2) is 10.8 Å². The highest BCUT2D eigenvalue weighted by Gasteiger charge is 2.00. The molecule has 0 aliphatic carbocycles. The van der Waals surface area contributed by atoms with E-state index in [4.69, 9.17) is 0 Å². The molecule has 0 fully saturated rings. The molecular weight excluding hydrogens is 160 g/mol. The molecule has 2 aromatic heterocycles. The van der Waals surface area contributed by atoms with Gasteiger partial charge in [0.05, 0.1) is 10.9 Å². The van der Waals surface area contributed by atoms with E-state index < -0.39 is 0 Å². The Morgan fingerprint density at radius 3 is 3.18 bits per heavy atom. The third kappa shape index (κ3) is 1.03. The summed E-state index contributed by atoms with van der Waals surface area (Å²) in [6, 6.07) is 1.90. The Hall–Kier alpha value is -1.23. The van der Waals surface area contributed by atoms with E-state index in [-0.39, 0.29) is 0 Å². The SMILES string of the molecule is CNc1nc2nnccc2s1.